The summed E-state index contributed by atoms with van der Waals surface area (Å²) < 4.78 is 0. The molecule has 2 aliphatic rings. The summed E-state index contributed by atoms with van der Waals surface area (Å²) in [5, 5.41) is 0. The number of hydrogen-bond acceptors (Lipinski definition) is 0. The third kappa shape index (κ3) is 4.90. The van der Waals surface area contributed by atoms with Crippen molar-refractivity contribution in [3.05, 3.63) is 76.4 Å². The Hall–Kier alpha value is -0.400. The van der Waals surface area contributed by atoms with Crippen LogP contribution in [-0.2, 0) is 32.6 Å². The first-order chi connectivity index (χ1) is 11.2. The van der Waals surface area contributed by atoms with E-state index in [1.165, 1.54) is 44.5 Å². The second-order valence-corrected chi connectivity index (χ2v) is 7.49. The molecule has 0 saturated heterocycles. The Labute approximate surface area is 192 Å². The van der Waals surface area contributed by atoms with Gasteiger partial charge in [0.05, 0.1) is 0 Å². The van der Waals surface area contributed by atoms with Gasteiger partial charge in [-0.2, -0.15) is 0 Å². The molecule has 0 nitrogen and oxygen atoms in total. The Morgan fingerprint density at radius 2 is 1.65 bits per heavy atom. The van der Waals surface area contributed by atoms with E-state index < -0.39 is 0 Å². The summed E-state index contributed by atoms with van der Waals surface area (Å²) in [5.41, 5.74) is 11.2. The molecule has 2 aromatic carbocycles. The smallest absolute Gasteiger partial charge is 1.00 e. The van der Waals surface area contributed by atoms with E-state index in [0.717, 1.165) is 22.4 Å². The number of benzene rings is 2. The van der Waals surface area contributed by atoms with Crippen molar-refractivity contribution in [1.29, 1.82) is 0 Å². The SMILES string of the molecule is C[SiH]C.Cc1c(C2=CC=CC2)[c-]c2c(c1C)-c1ccccc1C2.[Cl-].[Cl-].[Zr+3]. The fourth-order valence-corrected chi connectivity index (χ4v) is 3.47. The number of allylic oxidation sites excluding steroid dienone is 4. The molecule has 0 fully saturated rings. The molecule has 0 amide bonds. The van der Waals surface area contributed by atoms with Crippen LogP contribution in [0.2, 0.25) is 13.1 Å². The van der Waals surface area contributed by atoms with Gasteiger partial charge in [-0.25, -0.2) is 0 Å². The Morgan fingerprint density at radius 1 is 1.00 bits per heavy atom. The maximum Gasteiger partial charge on any atom is 3.00 e. The maximum atomic E-state index is 3.71. The molecule has 0 aromatic heterocycles. The minimum absolute atomic E-state index is 0. The van der Waals surface area contributed by atoms with Gasteiger partial charge >= 0.3 is 26.2 Å². The van der Waals surface area contributed by atoms with Crippen molar-refractivity contribution in [3.63, 3.8) is 0 Å². The monoisotopic (exact) mass is 476 g/mol. The third-order valence-electron chi connectivity index (χ3n) is 4.64. The summed E-state index contributed by atoms with van der Waals surface area (Å²) in [6, 6.07) is 12.5. The van der Waals surface area contributed by atoms with Gasteiger partial charge in [0.1, 0.15) is 0 Å². The molecule has 2 radical (unpaired) electrons. The molecule has 2 aliphatic carbocycles. The van der Waals surface area contributed by atoms with E-state index in [9.17, 15) is 0 Å². The van der Waals surface area contributed by atoms with Gasteiger partial charge in [-0.15, -0.1) is 40.0 Å². The third-order valence-corrected chi connectivity index (χ3v) is 4.64. The van der Waals surface area contributed by atoms with Crippen LogP contribution >= 0.6 is 0 Å². The summed E-state index contributed by atoms with van der Waals surface area (Å²) >= 11 is 0. The summed E-state index contributed by atoms with van der Waals surface area (Å²) in [6.45, 7) is 8.91. The summed E-state index contributed by atoms with van der Waals surface area (Å²) in [6.07, 6.45) is 8.68. The minimum atomic E-state index is 0. The topological polar surface area (TPSA) is 0 Å². The molecule has 134 valence electrons. The van der Waals surface area contributed by atoms with Crippen molar-refractivity contribution in [2.45, 2.75) is 39.8 Å². The molecule has 26 heavy (non-hydrogen) atoms. The number of rotatable bonds is 1. The summed E-state index contributed by atoms with van der Waals surface area (Å²) in [4.78, 5) is 0. The van der Waals surface area contributed by atoms with Gasteiger partial charge in [-0.3, -0.25) is 0 Å². The minimum Gasteiger partial charge on any atom is -1.00 e. The van der Waals surface area contributed by atoms with Gasteiger partial charge in [0.15, 0.2) is 0 Å². The molecule has 0 unspecified atom stereocenters. The van der Waals surface area contributed by atoms with E-state index in [0.29, 0.717) is 0 Å². The fraction of sp³-hybridized carbons (Fsp3) is 0.273. The Balaban J connectivity index is 0.000000980. The van der Waals surface area contributed by atoms with E-state index >= 15 is 0 Å². The van der Waals surface area contributed by atoms with Crippen LogP contribution in [0.4, 0.5) is 0 Å². The predicted molar refractivity (Wildman–Crippen MR) is 104 cm³/mol. The zero-order valence-electron chi connectivity index (χ0n) is 15.8. The number of halogens is 2. The largest absolute Gasteiger partial charge is 3.00 e. The molecule has 0 spiro atoms. The van der Waals surface area contributed by atoms with Crippen molar-refractivity contribution in [1.82, 2.24) is 0 Å². The summed E-state index contributed by atoms with van der Waals surface area (Å²) in [5.74, 6) is 0. The van der Waals surface area contributed by atoms with Crippen molar-refractivity contribution in [2.75, 3.05) is 0 Å². The van der Waals surface area contributed by atoms with Crippen LogP contribution in [-0.4, -0.2) is 9.52 Å². The van der Waals surface area contributed by atoms with Crippen molar-refractivity contribution in [2.24, 2.45) is 0 Å². The van der Waals surface area contributed by atoms with Gasteiger partial charge in [0, 0.05) is 9.52 Å². The normalized spacial score (nSPS) is 12.4. The van der Waals surface area contributed by atoms with Crippen LogP contribution in [0.15, 0.2) is 42.5 Å². The van der Waals surface area contributed by atoms with Crippen LogP contribution < -0.4 is 24.8 Å². The van der Waals surface area contributed by atoms with Gasteiger partial charge < -0.3 is 24.8 Å². The van der Waals surface area contributed by atoms with Crippen LogP contribution in [0.25, 0.3) is 16.7 Å². The van der Waals surface area contributed by atoms with Gasteiger partial charge in [-0.05, 0) is 18.4 Å². The first-order valence-corrected chi connectivity index (χ1v) is 10.7. The van der Waals surface area contributed by atoms with Crippen molar-refractivity contribution >= 4 is 15.1 Å². The zero-order valence-corrected chi connectivity index (χ0v) is 20.9. The van der Waals surface area contributed by atoms with E-state index in [-0.39, 0.29) is 51.0 Å². The van der Waals surface area contributed by atoms with Gasteiger partial charge in [-0.1, -0.05) is 74.5 Å². The number of hydrogen-bond donors (Lipinski definition) is 0. The van der Waals surface area contributed by atoms with Crippen LogP contribution in [0, 0.1) is 19.9 Å². The molecular formula is C22H24Cl2SiZr. The molecule has 0 heterocycles. The molecule has 0 atom stereocenters. The van der Waals surface area contributed by atoms with Crippen LogP contribution in [0.3, 0.4) is 0 Å². The molecule has 0 bridgehead atoms. The second-order valence-electron chi connectivity index (χ2n) is 6.34. The molecular weight excluding hydrogens is 454 g/mol. The molecule has 4 heteroatoms. The molecule has 0 saturated carbocycles. The maximum absolute atomic E-state index is 3.71. The van der Waals surface area contributed by atoms with Crippen LogP contribution in [0.1, 0.15) is 34.2 Å². The van der Waals surface area contributed by atoms with E-state index in [1.807, 2.05) is 0 Å². The average Bonchev–Trinajstić information content (AvgIpc) is 3.18. The van der Waals surface area contributed by atoms with E-state index in [4.69, 9.17) is 0 Å². The fourth-order valence-electron chi connectivity index (χ4n) is 3.47. The van der Waals surface area contributed by atoms with E-state index in [2.05, 4.69) is 75.5 Å². The van der Waals surface area contributed by atoms with E-state index in [1.54, 1.807) is 0 Å². The Kier molecular flexibility index (Phi) is 11.3. The molecule has 0 N–H and O–H groups in total. The molecule has 2 aromatic rings. The van der Waals surface area contributed by atoms with Gasteiger partial charge in [0.2, 0.25) is 0 Å². The summed E-state index contributed by atoms with van der Waals surface area (Å²) in [7, 11) is 0.750. The standard InChI is InChI=1S/C20H17.C2H7Si.2ClH.Zr/c1-13-14(2)20-17(11-16-9-5-6-10-18(16)20)12-19(13)15-7-3-4-8-15;1-3-2;;;/h3-7,9-10H,8,11H2,1-2H3;3H,1-2H3;2*1H;/q-1;;;;+3/p-2. The van der Waals surface area contributed by atoms with Crippen LogP contribution in [0.5, 0.6) is 0 Å². The van der Waals surface area contributed by atoms with Crippen molar-refractivity contribution in [3.8, 4) is 11.1 Å². The van der Waals surface area contributed by atoms with Crippen molar-refractivity contribution < 1.29 is 51.0 Å². The average molecular weight is 479 g/mol. The molecule has 4 rings (SSSR count). The first-order valence-electron chi connectivity index (χ1n) is 8.41. The zero-order chi connectivity index (χ0) is 16.4. The van der Waals surface area contributed by atoms with Gasteiger partial charge in [0.25, 0.3) is 0 Å². The molecule has 0 aliphatic heterocycles. The first kappa shape index (κ1) is 25.6. The second kappa shape index (κ2) is 11.4. The predicted octanol–water partition coefficient (Wildman–Crippen LogP) is -0.457. The quantitative estimate of drug-likeness (QED) is 0.328. The number of fused-ring (bicyclic) bond motifs is 3. The Morgan fingerprint density at radius 3 is 2.27 bits per heavy atom. The Bertz CT molecular complexity index is 810.